The molecule has 0 bridgehead atoms. The summed E-state index contributed by atoms with van der Waals surface area (Å²) >= 11 is 0. The highest BCUT2D eigenvalue weighted by Gasteiger charge is 2.24. The summed E-state index contributed by atoms with van der Waals surface area (Å²) in [6, 6.07) is 13.9. The number of hydrogen-bond acceptors (Lipinski definition) is 6. The molecule has 1 amide bonds. The van der Waals surface area contributed by atoms with E-state index in [1.165, 1.54) is 45.7 Å². The molecule has 0 aliphatic rings. The first-order valence-corrected chi connectivity index (χ1v) is 10.1. The number of nitrogens with one attached hydrogen (secondary N) is 1. The van der Waals surface area contributed by atoms with E-state index in [0.717, 1.165) is 9.87 Å². The van der Waals surface area contributed by atoms with Crippen molar-refractivity contribution in [2.24, 2.45) is 0 Å². The van der Waals surface area contributed by atoms with Gasteiger partial charge in [0.2, 0.25) is 16.0 Å². The van der Waals surface area contributed by atoms with E-state index in [1.807, 2.05) is 30.3 Å². The number of sulfonamides is 1. The third kappa shape index (κ3) is 4.61. The first-order valence-electron chi connectivity index (χ1n) is 8.66. The van der Waals surface area contributed by atoms with Crippen LogP contribution in [0, 0.1) is 0 Å². The van der Waals surface area contributed by atoms with Crippen LogP contribution in [0.2, 0.25) is 0 Å². The minimum absolute atomic E-state index is 0.0970. The number of aromatic nitrogens is 3. The van der Waals surface area contributed by atoms with E-state index in [9.17, 15) is 13.2 Å². The lowest BCUT2D eigenvalue weighted by Gasteiger charge is -2.15. The number of hydrogen-bond donors (Lipinski definition) is 1. The van der Waals surface area contributed by atoms with E-state index in [-0.39, 0.29) is 22.2 Å². The lowest BCUT2D eigenvalue weighted by molar-refractivity contribution is 0.102. The molecule has 0 unspecified atom stereocenters. The van der Waals surface area contributed by atoms with Crippen molar-refractivity contribution in [3.8, 4) is 5.75 Å². The Balaban J connectivity index is 1.79. The zero-order valence-corrected chi connectivity index (χ0v) is 17.0. The predicted octanol–water partition coefficient (Wildman–Crippen LogP) is 1.84. The first-order chi connectivity index (χ1) is 13.8. The molecule has 2 aromatic carbocycles. The van der Waals surface area contributed by atoms with Crippen molar-refractivity contribution >= 4 is 21.9 Å². The van der Waals surface area contributed by atoms with Gasteiger partial charge >= 0.3 is 0 Å². The number of carbonyl (C=O) groups is 1. The summed E-state index contributed by atoms with van der Waals surface area (Å²) in [6.45, 7) is 0.511. The minimum atomic E-state index is -3.79. The van der Waals surface area contributed by atoms with Gasteiger partial charge < -0.3 is 4.74 Å². The van der Waals surface area contributed by atoms with E-state index in [4.69, 9.17) is 4.74 Å². The third-order valence-corrected chi connectivity index (χ3v) is 5.97. The van der Waals surface area contributed by atoms with Crippen LogP contribution >= 0.6 is 0 Å². The number of anilines is 1. The Hall–Kier alpha value is -3.24. The van der Waals surface area contributed by atoms with E-state index in [0.29, 0.717) is 6.54 Å². The maximum atomic E-state index is 12.6. The van der Waals surface area contributed by atoms with Crippen LogP contribution in [0.25, 0.3) is 0 Å². The van der Waals surface area contributed by atoms with Crippen molar-refractivity contribution < 1.29 is 17.9 Å². The van der Waals surface area contributed by atoms with Gasteiger partial charge in [0.1, 0.15) is 17.0 Å². The van der Waals surface area contributed by atoms with Gasteiger partial charge in [0.25, 0.3) is 5.91 Å². The first kappa shape index (κ1) is 20.5. The fourth-order valence-corrected chi connectivity index (χ4v) is 3.66. The van der Waals surface area contributed by atoms with Crippen LogP contribution in [0.4, 0.5) is 5.95 Å². The normalized spacial score (nSPS) is 11.4. The molecule has 0 fully saturated rings. The molecule has 10 heteroatoms. The van der Waals surface area contributed by atoms with Crippen LogP contribution < -0.4 is 10.1 Å². The maximum absolute atomic E-state index is 12.6. The van der Waals surface area contributed by atoms with Crippen LogP contribution in [0.1, 0.15) is 15.9 Å². The molecule has 29 heavy (non-hydrogen) atoms. The molecular formula is C19H21N5O4S. The highest BCUT2D eigenvalue weighted by molar-refractivity contribution is 7.89. The van der Waals surface area contributed by atoms with Crippen molar-refractivity contribution in [3.63, 3.8) is 0 Å². The molecule has 0 saturated carbocycles. The fraction of sp³-hybridized carbons (Fsp3) is 0.211. The standard InChI is InChI=1S/C19H21N5O4S/c1-23(2)29(26,27)17-11-15(9-10-16(17)28-3)18(25)21-19-20-13-24(22-19)12-14-7-5-4-6-8-14/h4-11,13H,12H2,1-3H3,(H,21,22,25). The summed E-state index contributed by atoms with van der Waals surface area (Å²) in [5, 5.41) is 6.81. The van der Waals surface area contributed by atoms with E-state index in [2.05, 4.69) is 15.4 Å². The Morgan fingerprint density at radius 2 is 1.90 bits per heavy atom. The van der Waals surface area contributed by atoms with E-state index >= 15 is 0 Å². The van der Waals surface area contributed by atoms with Crippen molar-refractivity contribution in [3.05, 3.63) is 66.0 Å². The van der Waals surface area contributed by atoms with Gasteiger partial charge in [-0.05, 0) is 23.8 Å². The van der Waals surface area contributed by atoms with E-state index < -0.39 is 15.9 Å². The quantitative estimate of drug-likeness (QED) is 0.631. The smallest absolute Gasteiger partial charge is 0.258 e. The fourth-order valence-electron chi connectivity index (χ4n) is 2.59. The van der Waals surface area contributed by atoms with Crippen LogP contribution in [0.3, 0.4) is 0 Å². The Morgan fingerprint density at radius 3 is 2.55 bits per heavy atom. The van der Waals surface area contributed by atoms with Crippen molar-refractivity contribution in [1.82, 2.24) is 19.1 Å². The van der Waals surface area contributed by atoms with Crippen LogP contribution in [-0.2, 0) is 16.6 Å². The van der Waals surface area contributed by atoms with Gasteiger partial charge in [-0.2, -0.15) is 0 Å². The number of benzene rings is 2. The number of nitrogens with zero attached hydrogens (tertiary/aromatic N) is 4. The molecule has 1 N–H and O–H groups in total. The van der Waals surface area contributed by atoms with Gasteiger partial charge in [-0.25, -0.2) is 22.4 Å². The van der Waals surface area contributed by atoms with Gasteiger partial charge in [0, 0.05) is 19.7 Å². The molecule has 1 heterocycles. The number of carbonyl (C=O) groups excluding carboxylic acids is 1. The summed E-state index contributed by atoms with van der Waals surface area (Å²) in [5.41, 5.74) is 1.19. The van der Waals surface area contributed by atoms with Gasteiger partial charge in [-0.1, -0.05) is 30.3 Å². The monoisotopic (exact) mass is 415 g/mol. The number of ether oxygens (including phenoxy) is 1. The summed E-state index contributed by atoms with van der Waals surface area (Å²) in [7, 11) is 0.397. The summed E-state index contributed by atoms with van der Waals surface area (Å²) in [4.78, 5) is 16.6. The maximum Gasteiger partial charge on any atom is 0.258 e. The zero-order valence-electron chi connectivity index (χ0n) is 16.2. The second-order valence-electron chi connectivity index (χ2n) is 6.36. The Kier molecular flexibility index (Phi) is 5.95. The molecule has 152 valence electrons. The molecule has 0 saturated heterocycles. The Labute approximate surface area is 169 Å². The number of amides is 1. The molecule has 0 aliphatic heterocycles. The Morgan fingerprint density at radius 1 is 1.17 bits per heavy atom. The van der Waals surface area contributed by atoms with Gasteiger partial charge in [-0.15, -0.1) is 5.10 Å². The minimum Gasteiger partial charge on any atom is -0.495 e. The second-order valence-corrected chi connectivity index (χ2v) is 8.48. The van der Waals surface area contributed by atoms with Crippen LogP contribution in [0.15, 0.2) is 59.8 Å². The molecule has 0 atom stereocenters. The molecule has 3 rings (SSSR count). The third-order valence-electron chi connectivity index (χ3n) is 4.13. The molecule has 0 spiro atoms. The van der Waals surface area contributed by atoms with E-state index in [1.54, 1.807) is 4.68 Å². The molecule has 9 nitrogen and oxygen atoms in total. The highest BCUT2D eigenvalue weighted by atomic mass is 32.2. The average molecular weight is 415 g/mol. The SMILES string of the molecule is COc1ccc(C(=O)Nc2ncn(Cc3ccccc3)n2)cc1S(=O)(=O)N(C)C. The lowest BCUT2D eigenvalue weighted by Crippen LogP contribution is -2.23. The number of rotatable bonds is 7. The van der Waals surface area contributed by atoms with Gasteiger partial charge in [0.15, 0.2) is 0 Å². The lowest BCUT2D eigenvalue weighted by atomic mass is 10.2. The largest absolute Gasteiger partial charge is 0.495 e. The van der Waals surface area contributed by atoms with Crippen LogP contribution in [0.5, 0.6) is 5.75 Å². The molecular weight excluding hydrogens is 394 g/mol. The van der Waals surface area contributed by atoms with Crippen LogP contribution in [-0.4, -0.2) is 54.6 Å². The number of methoxy groups -OCH3 is 1. The molecule has 3 aromatic rings. The van der Waals surface area contributed by atoms with Crippen molar-refractivity contribution in [1.29, 1.82) is 0 Å². The molecule has 0 aliphatic carbocycles. The summed E-state index contributed by atoms with van der Waals surface area (Å²) < 4.78 is 32.8. The Bertz CT molecular complexity index is 1110. The predicted molar refractivity (Wildman–Crippen MR) is 107 cm³/mol. The van der Waals surface area contributed by atoms with Gasteiger partial charge in [0.05, 0.1) is 13.7 Å². The van der Waals surface area contributed by atoms with Gasteiger partial charge in [-0.3, -0.25) is 10.1 Å². The topological polar surface area (TPSA) is 106 Å². The molecule has 0 radical (unpaired) electrons. The second kappa shape index (κ2) is 8.41. The van der Waals surface area contributed by atoms with Crippen molar-refractivity contribution in [2.75, 3.05) is 26.5 Å². The summed E-state index contributed by atoms with van der Waals surface area (Å²) in [6.07, 6.45) is 1.51. The highest BCUT2D eigenvalue weighted by Crippen LogP contribution is 2.27. The zero-order chi connectivity index (χ0) is 21.0. The summed E-state index contributed by atoms with van der Waals surface area (Å²) in [5.74, 6) is -0.250. The average Bonchev–Trinajstić information content (AvgIpc) is 3.14. The van der Waals surface area contributed by atoms with Crippen molar-refractivity contribution in [2.45, 2.75) is 11.4 Å². The molecule has 1 aromatic heterocycles.